The van der Waals surface area contributed by atoms with Gasteiger partial charge in [-0.25, -0.2) is 9.18 Å². The maximum absolute atomic E-state index is 13.8. The van der Waals surface area contributed by atoms with Crippen molar-refractivity contribution in [3.8, 4) is 0 Å². The van der Waals surface area contributed by atoms with Crippen LogP contribution in [0.15, 0.2) is 12.4 Å². The molecule has 1 saturated heterocycles. The smallest absolute Gasteiger partial charge is 0.411 e. The summed E-state index contributed by atoms with van der Waals surface area (Å²) in [5.41, 5.74) is -0.189. The van der Waals surface area contributed by atoms with Gasteiger partial charge in [0.1, 0.15) is 17.8 Å². The summed E-state index contributed by atoms with van der Waals surface area (Å²) in [6.07, 6.45) is 1.26. The van der Waals surface area contributed by atoms with E-state index in [1.807, 2.05) is 13.8 Å². The molecule has 0 aliphatic carbocycles. The van der Waals surface area contributed by atoms with Crippen molar-refractivity contribution in [2.24, 2.45) is 0 Å². The predicted molar refractivity (Wildman–Crippen MR) is 87.5 cm³/mol. The van der Waals surface area contributed by atoms with Gasteiger partial charge in [0, 0.05) is 18.7 Å². The number of rotatable bonds is 3. The number of ether oxygens (including phenoxy) is 1. The third kappa shape index (κ3) is 4.46. The molecule has 1 aliphatic rings. The molecule has 1 fully saturated rings. The monoisotopic (exact) mass is 340 g/mol. The summed E-state index contributed by atoms with van der Waals surface area (Å²) >= 11 is 0. The first-order valence-corrected chi connectivity index (χ1v) is 8.05. The molecule has 134 valence electrons. The third-order valence-electron chi connectivity index (χ3n) is 3.58. The third-order valence-corrected chi connectivity index (χ3v) is 3.58. The molecule has 2 heterocycles. The summed E-state index contributed by atoms with van der Waals surface area (Å²) in [5, 5.41) is 6.82. The minimum absolute atomic E-state index is 0.0383. The molecule has 8 heteroatoms. The molecule has 1 aromatic rings. The number of anilines is 1. The predicted octanol–water partition coefficient (Wildman–Crippen LogP) is 2.75. The van der Waals surface area contributed by atoms with E-state index in [1.54, 1.807) is 31.6 Å². The molecule has 2 amide bonds. The maximum atomic E-state index is 13.8. The van der Waals surface area contributed by atoms with Gasteiger partial charge in [-0.3, -0.25) is 14.4 Å². The van der Waals surface area contributed by atoms with E-state index in [0.29, 0.717) is 5.69 Å². The second-order valence-corrected chi connectivity index (χ2v) is 7.27. The first-order chi connectivity index (χ1) is 11.1. The lowest BCUT2D eigenvalue weighted by Crippen LogP contribution is -2.45. The number of alkyl halides is 1. The Kier molecular flexibility index (Phi) is 5.15. The number of nitrogens with zero attached hydrogens (tertiary/aromatic N) is 3. The lowest BCUT2D eigenvalue weighted by atomic mass is 10.2. The van der Waals surface area contributed by atoms with Crippen LogP contribution in [0.4, 0.5) is 14.9 Å². The molecule has 24 heavy (non-hydrogen) atoms. The minimum Gasteiger partial charge on any atom is -0.444 e. The molecule has 2 rings (SSSR count). The SMILES string of the molecule is CC(C)n1cc(NC(=O)[C@@H]2C[C@@H](F)CN2C(=O)OC(C)(C)C)cn1. The number of halogens is 1. The molecular formula is C16H25FN4O3. The lowest BCUT2D eigenvalue weighted by Gasteiger charge is -2.27. The van der Waals surface area contributed by atoms with E-state index in [-0.39, 0.29) is 19.0 Å². The summed E-state index contributed by atoms with van der Waals surface area (Å²) in [6.45, 7) is 8.97. The molecule has 2 atom stereocenters. The Morgan fingerprint density at radius 2 is 2.08 bits per heavy atom. The van der Waals surface area contributed by atoms with Crippen molar-refractivity contribution < 1.29 is 18.7 Å². The van der Waals surface area contributed by atoms with Crippen LogP contribution in [0, 0.1) is 0 Å². The normalized spacial score (nSPS) is 21.2. The maximum Gasteiger partial charge on any atom is 0.411 e. The highest BCUT2D eigenvalue weighted by Crippen LogP contribution is 2.24. The molecule has 1 aliphatic heterocycles. The van der Waals surface area contributed by atoms with Crippen molar-refractivity contribution >= 4 is 17.7 Å². The van der Waals surface area contributed by atoms with Gasteiger partial charge in [-0.05, 0) is 34.6 Å². The number of carbonyl (C=O) groups is 2. The number of carbonyl (C=O) groups excluding carboxylic acids is 2. The van der Waals surface area contributed by atoms with E-state index in [0.717, 1.165) is 4.90 Å². The first-order valence-electron chi connectivity index (χ1n) is 8.05. The molecule has 0 unspecified atom stereocenters. The Bertz CT molecular complexity index is 609. The number of hydrogen-bond donors (Lipinski definition) is 1. The summed E-state index contributed by atoms with van der Waals surface area (Å²) in [7, 11) is 0. The standard InChI is InChI=1S/C16H25FN4O3/c1-10(2)21-9-12(7-18-21)19-14(22)13-6-11(17)8-20(13)15(23)24-16(3,4)5/h7,9-11,13H,6,8H2,1-5H3,(H,19,22)/t11-,13+/m1/s1. The highest BCUT2D eigenvalue weighted by Gasteiger charge is 2.41. The van der Waals surface area contributed by atoms with Crippen LogP contribution >= 0.6 is 0 Å². The fourth-order valence-corrected chi connectivity index (χ4v) is 2.47. The Hall–Kier alpha value is -2.12. The van der Waals surface area contributed by atoms with Gasteiger partial charge in [-0.15, -0.1) is 0 Å². The van der Waals surface area contributed by atoms with Gasteiger partial charge < -0.3 is 10.1 Å². The average Bonchev–Trinajstić information content (AvgIpc) is 3.03. The molecule has 0 radical (unpaired) electrons. The number of nitrogens with one attached hydrogen (secondary N) is 1. The van der Waals surface area contributed by atoms with Crippen LogP contribution in [0.1, 0.15) is 47.1 Å². The Morgan fingerprint density at radius 3 is 2.62 bits per heavy atom. The number of likely N-dealkylation sites (tertiary alicyclic amines) is 1. The van der Waals surface area contributed by atoms with Crippen LogP contribution in [0.5, 0.6) is 0 Å². The summed E-state index contributed by atoms with van der Waals surface area (Å²) in [5.74, 6) is -0.440. The van der Waals surface area contributed by atoms with Gasteiger partial charge in [0.2, 0.25) is 5.91 Å². The van der Waals surface area contributed by atoms with Crippen molar-refractivity contribution in [2.45, 2.75) is 64.9 Å². The molecule has 1 N–H and O–H groups in total. The van der Waals surface area contributed by atoms with Crippen LogP contribution in [0.2, 0.25) is 0 Å². The number of aromatic nitrogens is 2. The summed E-state index contributed by atoms with van der Waals surface area (Å²) in [6, 6.07) is -0.729. The zero-order chi connectivity index (χ0) is 18.1. The topological polar surface area (TPSA) is 76.5 Å². The minimum atomic E-state index is -1.24. The van der Waals surface area contributed by atoms with Crippen molar-refractivity contribution in [1.29, 1.82) is 0 Å². The Morgan fingerprint density at radius 1 is 1.42 bits per heavy atom. The number of hydrogen-bond acceptors (Lipinski definition) is 4. The zero-order valence-electron chi connectivity index (χ0n) is 14.7. The van der Waals surface area contributed by atoms with Gasteiger partial charge in [-0.2, -0.15) is 5.10 Å². The number of amides is 2. The highest BCUT2D eigenvalue weighted by atomic mass is 19.1. The van der Waals surface area contributed by atoms with Crippen LogP contribution in [-0.2, 0) is 9.53 Å². The van der Waals surface area contributed by atoms with E-state index >= 15 is 0 Å². The second kappa shape index (κ2) is 6.78. The second-order valence-electron chi connectivity index (χ2n) is 7.27. The molecule has 0 spiro atoms. The Balaban J connectivity index is 2.06. The van der Waals surface area contributed by atoms with E-state index in [1.165, 1.54) is 6.20 Å². The van der Waals surface area contributed by atoms with E-state index < -0.39 is 29.8 Å². The van der Waals surface area contributed by atoms with Crippen molar-refractivity contribution in [3.63, 3.8) is 0 Å². The summed E-state index contributed by atoms with van der Waals surface area (Å²) in [4.78, 5) is 25.8. The fourth-order valence-electron chi connectivity index (χ4n) is 2.47. The van der Waals surface area contributed by atoms with E-state index in [9.17, 15) is 14.0 Å². The zero-order valence-corrected chi connectivity index (χ0v) is 14.7. The summed E-state index contributed by atoms with van der Waals surface area (Å²) < 4.78 is 20.7. The van der Waals surface area contributed by atoms with Crippen molar-refractivity contribution in [1.82, 2.24) is 14.7 Å². The van der Waals surface area contributed by atoms with Gasteiger partial charge >= 0.3 is 6.09 Å². The van der Waals surface area contributed by atoms with Crippen LogP contribution < -0.4 is 5.32 Å². The van der Waals surface area contributed by atoms with Crippen molar-refractivity contribution in [2.75, 3.05) is 11.9 Å². The van der Waals surface area contributed by atoms with Gasteiger partial charge in [0.05, 0.1) is 18.4 Å². The molecule has 0 saturated carbocycles. The molecule has 1 aromatic heterocycles. The van der Waals surface area contributed by atoms with Crippen LogP contribution in [-0.4, -0.2) is 51.0 Å². The quantitative estimate of drug-likeness (QED) is 0.918. The lowest BCUT2D eigenvalue weighted by molar-refractivity contribution is -0.120. The van der Waals surface area contributed by atoms with Gasteiger partial charge in [-0.1, -0.05) is 0 Å². The average molecular weight is 340 g/mol. The molecule has 0 aromatic carbocycles. The van der Waals surface area contributed by atoms with E-state index in [2.05, 4.69) is 10.4 Å². The molecular weight excluding hydrogens is 315 g/mol. The van der Waals surface area contributed by atoms with Gasteiger partial charge in [0.15, 0.2) is 0 Å². The molecule has 7 nitrogen and oxygen atoms in total. The fraction of sp³-hybridized carbons (Fsp3) is 0.688. The first kappa shape index (κ1) is 18.2. The largest absolute Gasteiger partial charge is 0.444 e. The Labute approximate surface area is 141 Å². The van der Waals surface area contributed by atoms with Crippen molar-refractivity contribution in [3.05, 3.63) is 12.4 Å². The van der Waals surface area contributed by atoms with Gasteiger partial charge in [0.25, 0.3) is 0 Å². The molecule has 0 bridgehead atoms. The van der Waals surface area contributed by atoms with E-state index in [4.69, 9.17) is 4.74 Å². The van der Waals surface area contributed by atoms with Crippen LogP contribution in [0.25, 0.3) is 0 Å². The van der Waals surface area contributed by atoms with Crippen LogP contribution in [0.3, 0.4) is 0 Å². The highest BCUT2D eigenvalue weighted by molar-refractivity contribution is 5.96.